The maximum absolute atomic E-state index is 10.5. The molecular formula is C10H18N2O2. The summed E-state index contributed by atoms with van der Waals surface area (Å²) in [5.74, 6) is 0.0793. The Morgan fingerprint density at radius 2 is 2.36 bits per heavy atom. The molecule has 0 bridgehead atoms. The Morgan fingerprint density at radius 3 is 3.14 bits per heavy atom. The topological polar surface area (TPSA) is 52.6 Å². The first kappa shape index (κ1) is 9.93. The minimum Gasteiger partial charge on any atom is -0.481 e. The van der Waals surface area contributed by atoms with E-state index in [0.29, 0.717) is 6.04 Å². The summed E-state index contributed by atoms with van der Waals surface area (Å²) in [5.41, 5.74) is 0. The summed E-state index contributed by atoms with van der Waals surface area (Å²) < 4.78 is 0. The number of hydrogen-bond acceptors (Lipinski definition) is 3. The summed E-state index contributed by atoms with van der Waals surface area (Å²) in [7, 11) is 0. The molecule has 2 fully saturated rings. The summed E-state index contributed by atoms with van der Waals surface area (Å²) in [6.07, 6.45) is 2.81. The molecule has 80 valence electrons. The highest BCUT2D eigenvalue weighted by Gasteiger charge is 2.34. The van der Waals surface area contributed by atoms with E-state index in [1.165, 1.54) is 12.8 Å². The average molecular weight is 198 g/mol. The molecule has 2 rings (SSSR count). The van der Waals surface area contributed by atoms with E-state index in [-0.39, 0.29) is 6.42 Å². The third-order valence-corrected chi connectivity index (χ3v) is 3.41. The predicted molar refractivity (Wildman–Crippen MR) is 53.2 cm³/mol. The van der Waals surface area contributed by atoms with E-state index in [1.54, 1.807) is 0 Å². The molecule has 0 aliphatic carbocycles. The van der Waals surface area contributed by atoms with Crippen molar-refractivity contribution in [2.45, 2.75) is 25.3 Å². The van der Waals surface area contributed by atoms with Gasteiger partial charge in [0, 0.05) is 19.1 Å². The fraction of sp³-hybridized carbons (Fsp3) is 0.900. The fourth-order valence-electron chi connectivity index (χ4n) is 2.68. The van der Waals surface area contributed by atoms with Gasteiger partial charge in [0.05, 0.1) is 6.42 Å². The molecule has 2 aliphatic rings. The predicted octanol–water partition coefficient (Wildman–Crippen LogP) is 0.145. The first-order valence-corrected chi connectivity index (χ1v) is 5.44. The van der Waals surface area contributed by atoms with Crippen LogP contribution in [0.1, 0.15) is 19.3 Å². The lowest BCUT2D eigenvalue weighted by molar-refractivity contribution is -0.137. The maximum Gasteiger partial charge on any atom is 0.304 e. The normalized spacial score (nSPS) is 32.9. The van der Waals surface area contributed by atoms with Crippen LogP contribution < -0.4 is 5.32 Å². The quantitative estimate of drug-likeness (QED) is 0.677. The smallest absolute Gasteiger partial charge is 0.304 e. The maximum atomic E-state index is 10.5. The van der Waals surface area contributed by atoms with Crippen molar-refractivity contribution in [1.82, 2.24) is 10.2 Å². The lowest BCUT2D eigenvalue weighted by Crippen LogP contribution is -2.45. The lowest BCUT2D eigenvalue weighted by Gasteiger charge is -2.36. The van der Waals surface area contributed by atoms with Crippen molar-refractivity contribution in [3.05, 3.63) is 0 Å². The van der Waals surface area contributed by atoms with Crippen LogP contribution in [-0.2, 0) is 4.79 Å². The minimum absolute atomic E-state index is 0.281. The molecule has 0 aromatic carbocycles. The van der Waals surface area contributed by atoms with Crippen LogP contribution in [-0.4, -0.2) is 48.2 Å². The summed E-state index contributed by atoms with van der Waals surface area (Å²) in [6, 6.07) is 0.600. The van der Waals surface area contributed by atoms with Gasteiger partial charge < -0.3 is 10.4 Å². The molecule has 2 saturated heterocycles. The van der Waals surface area contributed by atoms with Crippen LogP contribution in [0.3, 0.4) is 0 Å². The molecule has 0 aromatic rings. The highest BCUT2D eigenvalue weighted by molar-refractivity contribution is 5.66. The molecule has 0 radical (unpaired) electrons. The van der Waals surface area contributed by atoms with Crippen molar-refractivity contribution in [3.63, 3.8) is 0 Å². The van der Waals surface area contributed by atoms with Crippen molar-refractivity contribution in [3.8, 4) is 0 Å². The molecule has 0 saturated carbocycles. The van der Waals surface area contributed by atoms with Crippen molar-refractivity contribution in [1.29, 1.82) is 0 Å². The molecule has 0 amide bonds. The van der Waals surface area contributed by atoms with Crippen molar-refractivity contribution in [2.75, 3.05) is 26.2 Å². The van der Waals surface area contributed by atoms with Gasteiger partial charge in [-0.1, -0.05) is 0 Å². The van der Waals surface area contributed by atoms with E-state index in [1.807, 2.05) is 0 Å². The van der Waals surface area contributed by atoms with Crippen molar-refractivity contribution >= 4 is 5.97 Å². The van der Waals surface area contributed by atoms with Crippen molar-refractivity contribution < 1.29 is 9.90 Å². The van der Waals surface area contributed by atoms with Crippen LogP contribution >= 0.6 is 0 Å². The van der Waals surface area contributed by atoms with Gasteiger partial charge in [0.15, 0.2) is 0 Å². The van der Waals surface area contributed by atoms with Crippen LogP contribution in [0.5, 0.6) is 0 Å². The van der Waals surface area contributed by atoms with E-state index in [2.05, 4.69) is 10.2 Å². The third-order valence-electron chi connectivity index (χ3n) is 3.41. The number of fused-ring (bicyclic) bond motifs is 1. The average Bonchev–Trinajstić information content (AvgIpc) is 2.62. The van der Waals surface area contributed by atoms with Gasteiger partial charge in [-0.25, -0.2) is 0 Å². The second-order valence-corrected chi connectivity index (χ2v) is 4.31. The number of hydrogen-bond donors (Lipinski definition) is 2. The van der Waals surface area contributed by atoms with Gasteiger partial charge in [-0.3, -0.25) is 9.69 Å². The van der Waals surface area contributed by atoms with Crippen molar-refractivity contribution in [2.24, 2.45) is 5.92 Å². The monoisotopic (exact) mass is 198 g/mol. The third kappa shape index (κ3) is 2.07. The number of nitrogens with one attached hydrogen (secondary N) is 1. The molecule has 2 N–H and O–H groups in total. The number of nitrogens with zero attached hydrogens (tertiary/aromatic N) is 1. The second kappa shape index (κ2) is 4.28. The first-order valence-electron chi connectivity index (χ1n) is 5.44. The van der Waals surface area contributed by atoms with Crippen LogP contribution in [0.2, 0.25) is 0 Å². The number of piperidine rings is 1. The van der Waals surface area contributed by atoms with E-state index >= 15 is 0 Å². The Morgan fingerprint density at radius 1 is 1.50 bits per heavy atom. The molecule has 4 heteroatoms. The Balaban J connectivity index is 1.87. The van der Waals surface area contributed by atoms with Gasteiger partial charge in [-0.05, 0) is 31.8 Å². The van der Waals surface area contributed by atoms with Crippen LogP contribution in [0.25, 0.3) is 0 Å². The standard InChI is InChI=1S/C10H18N2O2/c13-10(14)3-5-12-4-1-2-8-6-11-7-9(8)12/h8-9,11H,1-7H2,(H,13,14)/t8-,9+/m0/s1. The molecule has 4 nitrogen and oxygen atoms in total. The molecule has 2 atom stereocenters. The minimum atomic E-state index is -0.682. The number of aliphatic carboxylic acids is 1. The molecule has 2 heterocycles. The van der Waals surface area contributed by atoms with E-state index in [9.17, 15) is 4.79 Å². The Kier molecular flexibility index (Phi) is 3.03. The zero-order valence-corrected chi connectivity index (χ0v) is 8.41. The number of rotatable bonds is 3. The van der Waals surface area contributed by atoms with E-state index in [4.69, 9.17) is 5.11 Å². The zero-order chi connectivity index (χ0) is 9.97. The van der Waals surface area contributed by atoms with Gasteiger partial charge in [0.25, 0.3) is 0 Å². The number of carbonyl (C=O) groups is 1. The summed E-state index contributed by atoms with van der Waals surface area (Å²) in [6.45, 7) is 3.97. The summed E-state index contributed by atoms with van der Waals surface area (Å²) >= 11 is 0. The van der Waals surface area contributed by atoms with Crippen LogP contribution in [0.15, 0.2) is 0 Å². The van der Waals surface area contributed by atoms with Gasteiger partial charge in [-0.2, -0.15) is 0 Å². The first-order chi connectivity index (χ1) is 6.77. The Bertz CT molecular complexity index is 220. The van der Waals surface area contributed by atoms with Crippen LogP contribution in [0.4, 0.5) is 0 Å². The molecule has 0 aromatic heterocycles. The Hall–Kier alpha value is -0.610. The van der Waals surface area contributed by atoms with E-state index in [0.717, 1.165) is 32.1 Å². The second-order valence-electron chi connectivity index (χ2n) is 4.31. The summed E-state index contributed by atoms with van der Waals surface area (Å²) in [4.78, 5) is 12.8. The highest BCUT2D eigenvalue weighted by atomic mass is 16.4. The number of carboxylic acids is 1. The molecular weight excluding hydrogens is 180 g/mol. The largest absolute Gasteiger partial charge is 0.481 e. The number of likely N-dealkylation sites (tertiary alicyclic amines) is 1. The van der Waals surface area contributed by atoms with Gasteiger partial charge >= 0.3 is 5.97 Å². The number of carboxylic acid groups (broad SMARTS) is 1. The fourth-order valence-corrected chi connectivity index (χ4v) is 2.68. The van der Waals surface area contributed by atoms with Gasteiger partial charge in [-0.15, -0.1) is 0 Å². The molecule has 2 aliphatic heterocycles. The van der Waals surface area contributed by atoms with Crippen LogP contribution in [0, 0.1) is 5.92 Å². The highest BCUT2D eigenvalue weighted by Crippen LogP contribution is 2.26. The van der Waals surface area contributed by atoms with Gasteiger partial charge in [0.2, 0.25) is 0 Å². The molecule has 0 spiro atoms. The zero-order valence-electron chi connectivity index (χ0n) is 8.41. The van der Waals surface area contributed by atoms with E-state index < -0.39 is 5.97 Å². The molecule has 0 unspecified atom stereocenters. The summed E-state index contributed by atoms with van der Waals surface area (Å²) in [5, 5.41) is 12.0. The Labute approximate surface area is 84.3 Å². The lowest BCUT2D eigenvalue weighted by atomic mass is 9.92. The molecule has 14 heavy (non-hydrogen) atoms. The SMILES string of the molecule is O=C(O)CCN1CCC[C@H]2CNC[C@H]21. The van der Waals surface area contributed by atoms with Gasteiger partial charge in [0.1, 0.15) is 0 Å².